The quantitative estimate of drug-likeness (QED) is 0.707. The molecule has 3 aromatic rings. The van der Waals surface area contributed by atoms with Gasteiger partial charge in [-0.2, -0.15) is 5.26 Å². The van der Waals surface area contributed by atoms with Gasteiger partial charge in [-0.15, -0.1) is 0 Å². The maximum absolute atomic E-state index is 13.0. The van der Waals surface area contributed by atoms with E-state index in [-0.39, 0.29) is 12.3 Å². The van der Waals surface area contributed by atoms with Gasteiger partial charge in [0.1, 0.15) is 5.65 Å². The number of ether oxygens (including phenoxy) is 1. The molecular formula is C22H22N4O2. The molecule has 2 aromatic heterocycles. The van der Waals surface area contributed by atoms with Crippen LogP contribution in [0.15, 0.2) is 42.6 Å². The van der Waals surface area contributed by atoms with E-state index in [2.05, 4.69) is 18.2 Å². The largest absolute Gasteiger partial charge is 0.360 e. The average Bonchev–Trinajstić information content (AvgIpc) is 3.06. The number of nitriles is 1. The molecule has 6 nitrogen and oxygen atoms in total. The maximum atomic E-state index is 13.0. The van der Waals surface area contributed by atoms with Crippen LogP contribution in [-0.2, 0) is 16.0 Å². The number of rotatable bonds is 3. The first-order chi connectivity index (χ1) is 13.5. The van der Waals surface area contributed by atoms with Crippen molar-refractivity contribution < 1.29 is 9.53 Å². The van der Waals surface area contributed by atoms with E-state index in [1.807, 2.05) is 48.7 Å². The second kappa shape index (κ2) is 7.45. The fourth-order valence-corrected chi connectivity index (χ4v) is 3.52. The van der Waals surface area contributed by atoms with Crippen molar-refractivity contribution in [2.75, 3.05) is 19.7 Å². The van der Waals surface area contributed by atoms with E-state index in [0.717, 1.165) is 28.2 Å². The molecule has 1 aromatic carbocycles. The first kappa shape index (κ1) is 18.2. The Bertz CT molecular complexity index is 1060. The smallest absolute Gasteiger partial charge is 0.228 e. The summed E-state index contributed by atoms with van der Waals surface area (Å²) in [6.07, 6.45) is 1.69. The number of morpholine rings is 1. The highest BCUT2D eigenvalue weighted by Crippen LogP contribution is 2.26. The van der Waals surface area contributed by atoms with Crippen molar-refractivity contribution in [2.45, 2.75) is 26.4 Å². The summed E-state index contributed by atoms with van der Waals surface area (Å²) in [6, 6.07) is 14.3. The zero-order valence-corrected chi connectivity index (χ0v) is 16.1. The summed E-state index contributed by atoms with van der Waals surface area (Å²) >= 11 is 0. The van der Waals surface area contributed by atoms with E-state index >= 15 is 0 Å². The van der Waals surface area contributed by atoms with Crippen LogP contribution in [0.25, 0.3) is 16.9 Å². The average molecular weight is 374 g/mol. The molecule has 0 N–H and O–H groups in total. The van der Waals surface area contributed by atoms with E-state index in [4.69, 9.17) is 15.0 Å². The number of fused-ring (bicyclic) bond motifs is 1. The molecule has 6 heteroatoms. The first-order valence-electron chi connectivity index (χ1n) is 9.39. The summed E-state index contributed by atoms with van der Waals surface area (Å²) < 4.78 is 7.36. The molecule has 28 heavy (non-hydrogen) atoms. The second-order valence-electron chi connectivity index (χ2n) is 7.21. The van der Waals surface area contributed by atoms with Gasteiger partial charge in [-0.05, 0) is 25.5 Å². The third kappa shape index (κ3) is 3.49. The molecule has 0 saturated carbocycles. The lowest BCUT2D eigenvalue weighted by atomic mass is 10.1. The van der Waals surface area contributed by atoms with Gasteiger partial charge in [0.2, 0.25) is 5.91 Å². The molecule has 0 radical (unpaired) electrons. The molecule has 0 aliphatic carbocycles. The fourth-order valence-electron chi connectivity index (χ4n) is 3.52. The maximum Gasteiger partial charge on any atom is 0.228 e. The zero-order chi connectivity index (χ0) is 19.7. The number of carbonyl (C=O) groups excluding carboxylic acids is 1. The van der Waals surface area contributed by atoms with Gasteiger partial charge in [0.05, 0.1) is 37.0 Å². The Balaban J connectivity index is 1.73. The lowest BCUT2D eigenvalue weighted by Gasteiger charge is -2.29. The number of benzene rings is 1. The molecule has 1 aliphatic rings. The Kier molecular flexibility index (Phi) is 4.84. The summed E-state index contributed by atoms with van der Waals surface area (Å²) in [5, 5.41) is 9.11. The molecule has 1 unspecified atom stereocenters. The highest BCUT2D eigenvalue weighted by atomic mass is 16.5. The van der Waals surface area contributed by atoms with Crippen molar-refractivity contribution in [1.82, 2.24) is 14.3 Å². The van der Waals surface area contributed by atoms with Crippen LogP contribution in [0.4, 0.5) is 0 Å². The van der Waals surface area contributed by atoms with Gasteiger partial charge in [-0.1, -0.05) is 35.9 Å². The van der Waals surface area contributed by atoms with Crippen LogP contribution < -0.4 is 0 Å². The highest BCUT2D eigenvalue weighted by Gasteiger charge is 2.26. The molecule has 4 rings (SSSR count). The van der Waals surface area contributed by atoms with E-state index < -0.39 is 6.10 Å². The predicted octanol–water partition coefficient (Wildman–Crippen LogP) is 2.91. The van der Waals surface area contributed by atoms with E-state index in [9.17, 15) is 4.79 Å². The Labute approximate surface area is 164 Å². The molecule has 0 bridgehead atoms. The third-order valence-electron chi connectivity index (χ3n) is 5.07. The highest BCUT2D eigenvalue weighted by molar-refractivity contribution is 5.82. The number of nitrogens with zero attached hydrogens (tertiary/aromatic N) is 4. The van der Waals surface area contributed by atoms with Gasteiger partial charge in [-0.25, -0.2) is 4.98 Å². The van der Waals surface area contributed by atoms with Crippen molar-refractivity contribution in [1.29, 1.82) is 5.26 Å². The number of hydrogen-bond donors (Lipinski definition) is 0. The van der Waals surface area contributed by atoms with Crippen molar-refractivity contribution in [3.63, 3.8) is 0 Å². The van der Waals surface area contributed by atoms with Gasteiger partial charge >= 0.3 is 0 Å². The Morgan fingerprint density at radius 3 is 2.71 bits per heavy atom. The number of aryl methyl sites for hydroxylation is 2. The van der Waals surface area contributed by atoms with Crippen molar-refractivity contribution in [2.24, 2.45) is 0 Å². The Morgan fingerprint density at radius 2 is 1.96 bits per heavy atom. The van der Waals surface area contributed by atoms with Crippen LogP contribution in [0.5, 0.6) is 0 Å². The summed E-state index contributed by atoms with van der Waals surface area (Å²) in [4.78, 5) is 19.5. The van der Waals surface area contributed by atoms with Gasteiger partial charge < -0.3 is 14.0 Å². The summed E-state index contributed by atoms with van der Waals surface area (Å²) in [7, 11) is 0. The number of hydrogen-bond acceptors (Lipinski definition) is 4. The minimum Gasteiger partial charge on any atom is -0.360 e. The van der Waals surface area contributed by atoms with E-state index in [1.54, 1.807) is 4.90 Å². The van der Waals surface area contributed by atoms with Crippen LogP contribution >= 0.6 is 0 Å². The van der Waals surface area contributed by atoms with Crippen molar-refractivity contribution in [3.05, 3.63) is 59.4 Å². The topological polar surface area (TPSA) is 70.6 Å². The molecule has 1 saturated heterocycles. The minimum atomic E-state index is -0.557. The van der Waals surface area contributed by atoms with Crippen LogP contribution in [-0.4, -0.2) is 46.0 Å². The van der Waals surface area contributed by atoms with E-state index in [0.29, 0.717) is 19.7 Å². The number of carbonyl (C=O) groups is 1. The van der Waals surface area contributed by atoms with Gasteiger partial charge in [-0.3, -0.25) is 4.79 Å². The number of pyridine rings is 1. The van der Waals surface area contributed by atoms with Crippen molar-refractivity contribution >= 4 is 11.6 Å². The molecular weight excluding hydrogens is 352 g/mol. The van der Waals surface area contributed by atoms with E-state index in [1.165, 1.54) is 5.56 Å². The standard InChI is InChI=1S/C22H22N4O2/c1-15-3-6-17(7-4-15)22-19(26-13-16(2)5-8-20(26)24-22)11-21(27)25-9-10-28-18(12-23)14-25/h3-8,13,18H,9-11,14H2,1-2H3. The molecule has 0 spiro atoms. The van der Waals surface area contributed by atoms with Crippen molar-refractivity contribution in [3.8, 4) is 17.3 Å². The van der Waals surface area contributed by atoms with Crippen LogP contribution in [0.2, 0.25) is 0 Å². The monoisotopic (exact) mass is 374 g/mol. The van der Waals surface area contributed by atoms with Gasteiger partial charge in [0, 0.05) is 18.3 Å². The molecule has 1 atom stereocenters. The molecule has 1 amide bonds. The summed E-state index contributed by atoms with van der Waals surface area (Å²) in [6.45, 7) is 5.28. The van der Waals surface area contributed by atoms with Crippen LogP contribution in [0.1, 0.15) is 16.8 Å². The fraction of sp³-hybridized carbons (Fsp3) is 0.318. The van der Waals surface area contributed by atoms with Gasteiger partial charge in [0.15, 0.2) is 6.10 Å². The number of imidazole rings is 1. The molecule has 1 aliphatic heterocycles. The lowest BCUT2D eigenvalue weighted by molar-refractivity contribution is -0.136. The summed E-state index contributed by atoms with van der Waals surface area (Å²) in [5.74, 6) is -0.0137. The number of aromatic nitrogens is 2. The molecule has 1 fully saturated rings. The van der Waals surface area contributed by atoms with Gasteiger partial charge in [0.25, 0.3) is 0 Å². The first-order valence-corrected chi connectivity index (χ1v) is 9.39. The second-order valence-corrected chi connectivity index (χ2v) is 7.21. The molecule has 142 valence electrons. The predicted molar refractivity (Wildman–Crippen MR) is 106 cm³/mol. The molecule has 3 heterocycles. The van der Waals surface area contributed by atoms with Crippen LogP contribution in [0, 0.1) is 25.2 Å². The third-order valence-corrected chi connectivity index (χ3v) is 5.07. The SMILES string of the molecule is Cc1ccc(-c2nc3ccc(C)cn3c2CC(=O)N2CCOC(C#N)C2)cc1. The Morgan fingerprint density at radius 1 is 1.21 bits per heavy atom. The summed E-state index contributed by atoms with van der Waals surface area (Å²) in [5.41, 5.74) is 5.78. The minimum absolute atomic E-state index is 0.0137. The number of amides is 1. The normalized spacial score (nSPS) is 16.9. The van der Waals surface area contributed by atoms with Crippen LogP contribution in [0.3, 0.4) is 0 Å². The Hall–Kier alpha value is -3.17. The lowest BCUT2D eigenvalue weighted by Crippen LogP contribution is -2.45. The zero-order valence-electron chi connectivity index (χ0n) is 16.1.